The van der Waals surface area contributed by atoms with Crippen molar-refractivity contribution < 1.29 is 29.1 Å². The lowest BCUT2D eigenvalue weighted by molar-refractivity contribution is -0.145. The number of aliphatic hydroxyl groups excluding tert-OH is 1. The van der Waals surface area contributed by atoms with E-state index >= 15 is 0 Å². The number of likely N-dealkylation sites (tertiary alicyclic amines) is 1. The Balaban J connectivity index is 1.21. The van der Waals surface area contributed by atoms with Crippen LogP contribution in [-0.2, 0) is 19.2 Å². The number of hydrogen-bond acceptors (Lipinski definition) is 8. The number of amides is 5. The van der Waals surface area contributed by atoms with Crippen LogP contribution in [0.3, 0.4) is 0 Å². The number of carbonyl (C=O) groups excluding carboxylic acids is 5. The number of nitrogens with one attached hydrogen (secondary N) is 4. The minimum atomic E-state index is -1.37. The Hall–Kier alpha value is -3.61. The van der Waals surface area contributed by atoms with Crippen molar-refractivity contribution >= 4 is 29.5 Å². The molecule has 13 nitrogen and oxygen atoms in total. The minimum Gasteiger partial charge on any atom is -0.381 e. The van der Waals surface area contributed by atoms with Gasteiger partial charge in [0, 0.05) is 25.0 Å². The van der Waals surface area contributed by atoms with E-state index in [0.717, 1.165) is 64.2 Å². The van der Waals surface area contributed by atoms with Gasteiger partial charge in [-0.1, -0.05) is 40.0 Å². The molecule has 5 N–H and O–H groups in total. The summed E-state index contributed by atoms with van der Waals surface area (Å²) in [6.45, 7) is 6.05. The van der Waals surface area contributed by atoms with E-state index in [1.54, 1.807) is 4.90 Å². The highest BCUT2D eigenvalue weighted by molar-refractivity contribution is 5.98. The highest BCUT2D eigenvalue weighted by Crippen LogP contribution is 2.48. The first kappa shape index (κ1) is 34.3. The molecule has 262 valence electrons. The van der Waals surface area contributed by atoms with Crippen molar-refractivity contribution in [1.82, 2.24) is 36.1 Å². The Bertz CT molecular complexity index is 1370. The molecule has 3 heterocycles. The zero-order valence-corrected chi connectivity index (χ0v) is 28.3. The lowest BCUT2D eigenvalue weighted by Gasteiger charge is -2.38. The molecule has 2 bridgehead atoms. The topological polar surface area (TPSA) is 183 Å². The fraction of sp³-hybridized carbons (Fsp3) is 0.743. The van der Waals surface area contributed by atoms with Gasteiger partial charge in [0.2, 0.25) is 17.7 Å². The Morgan fingerprint density at radius 2 is 1.71 bits per heavy atom. The molecule has 5 fully saturated rings. The van der Waals surface area contributed by atoms with Crippen LogP contribution in [0.1, 0.15) is 102 Å². The van der Waals surface area contributed by atoms with Crippen molar-refractivity contribution in [2.75, 3.05) is 6.54 Å². The van der Waals surface area contributed by atoms with E-state index in [0.29, 0.717) is 18.9 Å². The zero-order valence-electron chi connectivity index (χ0n) is 28.3. The van der Waals surface area contributed by atoms with Crippen LogP contribution in [0.2, 0.25) is 0 Å². The highest BCUT2D eigenvalue weighted by Gasteiger charge is 2.55. The minimum absolute atomic E-state index is 0.0345. The van der Waals surface area contributed by atoms with Gasteiger partial charge in [-0.2, -0.15) is 0 Å². The number of aliphatic hydroxyl groups is 1. The van der Waals surface area contributed by atoms with Gasteiger partial charge < -0.3 is 31.3 Å². The smallest absolute Gasteiger partial charge is 0.272 e. The standard InChI is InChI=1S/C35H51N7O6/c1-35(2,3)29(41-31(45)26(20-7-5-4-6-8-20)40-30(44)25-17-36-13-14-37-25)34(48)42-18-21-15-19-9-12-24(28(43)33(47)38-22-10-11-22)39-32(46)27(42)23(21)16-19/h13-14,17,19-24,26-29,43H,4-12,15-16,18H2,1-3H3,(H,38,47)(H,39,46)(H,40,44)(H,41,45)/t19?,21-,23-,24-,26-,27?,28?,29+/m0/s1. The van der Waals surface area contributed by atoms with Crippen LogP contribution < -0.4 is 21.3 Å². The first-order valence-electron chi connectivity index (χ1n) is 17.9. The molecule has 1 aromatic heterocycles. The normalized spacial score (nSPS) is 29.4. The number of aromatic nitrogens is 2. The van der Waals surface area contributed by atoms with Crippen LogP contribution in [0.5, 0.6) is 0 Å². The average Bonchev–Trinajstić information content (AvgIpc) is 3.68. The van der Waals surface area contributed by atoms with Crippen LogP contribution in [0.25, 0.3) is 0 Å². The van der Waals surface area contributed by atoms with E-state index in [1.807, 2.05) is 20.8 Å². The van der Waals surface area contributed by atoms with E-state index in [4.69, 9.17) is 0 Å². The Kier molecular flexibility index (Phi) is 10.1. The number of hydrogen-bond donors (Lipinski definition) is 5. The molecular formula is C35H51N7O6. The van der Waals surface area contributed by atoms with Crippen molar-refractivity contribution in [2.24, 2.45) is 29.1 Å². The Morgan fingerprint density at radius 1 is 0.958 bits per heavy atom. The average molecular weight is 666 g/mol. The fourth-order valence-corrected chi connectivity index (χ4v) is 8.50. The van der Waals surface area contributed by atoms with Crippen molar-refractivity contribution in [1.29, 1.82) is 0 Å². The molecule has 2 saturated heterocycles. The van der Waals surface area contributed by atoms with Crippen molar-refractivity contribution in [3.63, 3.8) is 0 Å². The highest BCUT2D eigenvalue weighted by atomic mass is 16.3. The molecule has 5 amide bonds. The van der Waals surface area contributed by atoms with Crippen molar-refractivity contribution in [3.05, 3.63) is 24.3 Å². The lowest BCUT2D eigenvalue weighted by Crippen LogP contribution is -2.62. The third-order valence-electron chi connectivity index (χ3n) is 11.2. The van der Waals surface area contributed by atoms with E-state index in [1.165, 1.54) is 18.6 Å². The summed E-state index contributed by atoms with van der Waals surface area (Å²) in [5.41, 5.74) is -0.607. The van der Waals surface area contributed by atoms with Gasteiger partial charge in [-0.05, 0) is 80.5 Å². The number of rotatable bonds is 9. The maximum atomic E-state index is 14.6. The molecule has 1 aromatic rings. The molecule has 0 radical (unpaired) electrons. The molecule has 3 aliphatic carbocycles. The summed E-state index contributed by atoms with van der Waals surface area (Å²) >= 11 is 0. The fourth-order valence-electron chi connectivity index (χ4n) is 8.50. The number of carbonyl (C=O) groups is 5. The van der Waals surface area contributed by atoms with Gasteiger partial charge in [-0.25, -0.2) is 4.98 Å². The van der Waals surface area contributed by atoms with Gasteiger partial charge in [0.15, 0.2) is 6.10 Å². The van der Waals surface area contributed by atoms with Gasteiger partial charge in [-0.3, -0.25) is 29.0 Å². The Labute approximate surface area is 282 Å². The first-order chi connectivity index (χ1) is 22.9. The van der Waals surface area contributed by atoms with Gasteiger partial charge in [0.1, 0.15) is 23.8 Å². The maximum Gasteiger partial charge on any atom is 0.272 e. The lowest BCUT2D eigenvalue weighted by atomic mass is 9.82. The van der Waals surface area contributed by atoms with Crippen LogP contribution >= 0.6 is 0 Å². The molecule has 13 heteroatoms. The number of nitrogens with zero attached hydrogens (tertiary/aromatic N) is 3. The summed E-state index contributed by atoms with van der Waals surface area (Å²) in [5, 5.41) is 22.7. The largest absolute Gasteiger partial charge is 0.381 e. The SMILES string of the molecule is CC(C)(C)[C@H](NC(=O)[C@@H](NC(=O)c1cnccn1)C1CCCCC1)C(=O)N1C[C@@H]2CC3CC[C@@H](C(O)C(=O)NC4CC4)NC(=O)C1[C@H]2C3. The third kappa shape index (κ3) is 7.50. The second-order valence-corrected chi connectivity index (χ2v) is 15.9. The van der Waals surface area contributed by atoms with Gasteiger partial charge in [-0.15, -0.1) is 0 Å². The second kappa shape index (κ2) is 14.1. The van der Waals surface area contributed by atoms with Crippen LogP contribution in [0, 0.1) is 29.1 Å². The van der Waals surface area contributed by atoms with E-state index in [9.17, 15) is 29.1 Å². The molecule has 8 atom stereocenters. The van der Waals surface area contributed by atoms with Crippen molar-refractivity contribution in [3.8, 4) is 0 Å². The van der Waals surface area contributed by atoms with Gasteiger partial charge in [0.25, 0.3) is 11.8 Å². The molecule has 48 heavy (non-hydrogen) atoms. The molecule has 6 rings (SSSR count). The summed E-state index contributed by atoms with van der Waals surface area (Å²) in [6, 6.07) is -3.27. The maximum absolute atomic E-state index is 14.6. The molecule has 3 saturated carbocycles. The van der Waals surface area contributed by atoms with Crippen LogP contribution in [0.4, 0.5) is 0 Å². The van der Waals surface area contributed by atoms with Crippen molar-refractivity contribution in [2.45, 2.75) is 128 Å². The van der Waals surface area contributed by atoms with Crippen LogP contribution in [-0.4, -0.2) is 92.4 Å². The molecule has 5 aliphatic rings. The first-order valence-corrected chi connectivity index (χ1v) is 17.9. The number of fused-ring (bicyclic) bond motifs is 1. The van der Waals surface area contributed by atoms with Gasteiger partial charge in [0.05, 0.1) is 12.2 Å². The summed E-state index contributed by atoms with van der Waals surface area (Å²) in [7, 11) is 0. The third-order valence-corrected chi connectivity index (χ3v) is 11.2. The van der Waals surface area contributed by atoms with E-state index in [2.05, 4.69) is 31.2 Å². The summed E-state index contributed by atoms with van der Waals surface area (Å²) in [4.78, 5) is 78.4. The molecular weight excluding hydrogens is 614 g/mol. The van der Waals surface area contributed by atoms with Crippen LogP contribution in [0.15, 0.2) is 18.6 Å². The zero-order chi connectivity index (χ0) is 34.2. The van der Waals surface area contributed by atoms with E-state index < -0.39 is 53.4 Å². The molecule has 2 aliphatic heterocycles. The second-order valence-electron chi connectivity index (χ2n) is 15.9. The van der Waals surface area contributed by atoms with E-state index in [-0.39, 0.29) is 41.3 Å². The molecule has 0 aromatic carbocycles. The molecule has 3 unspecified atom stereocenters. The summed E-state index contributed by atoms with van der Waals surface area (Å²) in [5.74, 6) is -1.74. The summed E-state index contributed by atoms with van der Waals surface area (Å²) in [6.07, 6.45) is 12.1. The van der Waals surface area contributed by atoms with Gasteiger partial charge >= 0.3 is 0 Å². The molecule has 0 spiro atoms. The predicted molar refractivity (Wildman–Crippen MR) is 175 cm³/mol. The monoisotopic (exact) mass is 665 g/mol. The Morgan fingerprint density at radius 3 is 2.38 bits per heavy atom. The predicted octanol–water partition coefficient (Wildman–Crippen LogP) is 1.46. The quantitative estimate of drug-likeness (QED) is 0.263. The summed E-state index contributed by atoms with van der Waals surface area (Å²) < 4.78 is 0.